The normalized spacial score (nSPS) is 18.8. The van der Waals surface area contributed by atoms with E-state index in [1.54, 1.807) is 6.07 Å². The monoisotopic (exact) mass is 263 g/mol. The summed E-state index contributed by atoms with van der Waals surface area (Å²) >= 11 is 0. The summed E-state index contributed by atoms with van der Waals surface area (Å²) in [7, 11) is 0. The highest BCUT2D eigenvalue weighted by Crippen LogP contribution is 2.33. The number of nitrogens with zero attached hydrogens (tertiary/aromatic N) is 1. The van der Waals surface area contributed by atoms with Crippen molar-refractivity contribution in [2.45, 2.75) is 31.7 Å². The smallest absolute Gasteiger partial charge is 0.250 e. The minimum absolute atomic E-state index is 0.209. The molecule has 1 aliphatic rings. The predicted octanol–water partition coefficient (Wildman–Crippen LogP) is 1.11. The van der Waals surface area contributed by atoms with Crippen molar-refractivity contribution in [3.63, 3.8) is 0 Å². The summed E-state index contributed by atoms with van der Waals surface area (Å²) in [4.78, 5) is 13.6. The number of rotatable bonds is 5. The Hall–Kier alpha value is -1.75. The lowest BCUT2D eigenvalue weighted by Gasteiger charge is -2.28. The highest BCUT2D eigenvalue weighted by atomic mass is 16.2. The topological polar surface area (TPSA) is 92.6 Å². The number of carbonyl (C=O) groups is 1. The van der Waals surface area contributed by atoms with E-state index in [4.69, 9.17) is 16.6 Å². The summed E-state index contributed by atoms with van der Waals surface area (Å²) in [5.41, 5.74) is 13.1. The molecule has 0 aliphatic carbocycles. The molecule has 1 fully saturated rings. The van der Waals surface area contributed by atoms with Crippen molar-refractivity contribution in [3.8, 4) is 0 Å². The largest absolute Gasteiger partial charge is 0.396 e. The van der Waals surface area contributed by atoms with Gasteiger partial charge in [0.1, 0.15) is 0 Å². The van der Waals surface area contributed by atoms with Gasteiger partial charge in [-0.2, -0.15) is 0 Å². The maximum absolute atomic E-state index is 11.3. The number of carbonyl (C=O) groups excluding carboxylic acids is 1. The minimum Gasteiger partial charge on any atom is -0.396 e. The van der Waals surface area contributed by atoms with Crippen molar-refractivity contribution < 1.29 is 9.90 Å². The van der Waals surface area contributed by atoms with Gasteiger partial charge in [0, 0.05) is 19.2 Å². The Kier molecular flexibility index (Phi) is 4.27. The first-order valence-electron chi connectivity index (χ1n) is 6.71. The second kappa shape index (κ2) is 5.93. The maximum atomic E-state index is 11.3. The molecule has 1 heterocycles. The highest BCUT2D eigenvalue weighted by molar-refractivity contribution is 6.00. The number of nitrogens with two attached hydrogens (primary N) is 2. The molecule has 0 radical (unpaired) electrons. The molecule has 104 valence electrons. The van der Waals surface area contributed by atoms with Crippen LogP contribution in [0.15, 0.2) is 18.2 Å². The van der Waals surface area contributed by atoms with Gasteiger partial charge in [0.25, 0.3) is 5.91 Å². The summed E-state index contributed by atoms with van der Waals surface area (Å²) in [6.07, 6.45) is 3.93. The van der Waals surface area contributed by atoms with Crippen molar-refractivity contribution in [2.75, 3.05) is 23.8 Å². The molecule has 0 bridgehead atoms. The van der Waals surface area contributed by atoms with Gasteiger partial charge >= 0.3 is 0 Å². The van der Waals surface area contributed by atoms with Crippen LogP contribution < -0.4 is 16.4 Å². The van der Waals surface area contributed by atoms with Gasteiger partial charge in [-0.25, -0.2) is 0 Å². The van der Waals surface area contributed by atoms with Gasteiger partial charge in [0.05, 0.1) is 16.9 Å². The number of hydrogen-bond acceptors (Lipinski definition) is 4. The standard InChI is InChI=1S/C14H21N3O2/c15-13-11(14(16)19)6-1-7-12(13)17-8-2-4-10(17)5-3-9-18/h1,6-7,10,18H,2-5,8-9,15H2,(H2,16,19). The van der Waals surface area contributed by atoms with Crippen LogP contribution in [0.1, 0.15) is 36.0 Å². The van der Waals surface area contributed by atoms with Crippen LogP contribution in [-0.2, 0) is 0 Å². The fourth-order valence-electron chi connectivity index (χ4n) is 2.80. The van der Waals surface area contributed by atoms with Crippen molar-refractivity contribution in [3.05, 3.63) is 23.8 Å². The van der Waals surface area contributed by atoms with E-state index in [9.17, 15) is 4.79 Å². The van der Waals surface area contributed by atoms with Crippen LogP contribution in [-0.4, -0.2) is 30.2 Å². The number of hydrogen-bond donors (Lipinski definition) is 3. The van der Waals surface area contributed by atoms with Crippen LogP contribution in [0.5, 0.6) is 0 Å². The summed E-state index contributed by atoms with van der Waals surface area (Å²) in [5.74, 6) is -0.495. The molecule has 1 amide bonds. The number of aliphatic hydroxyl groups is 1. The van der Waals surface area contributed by atoms with Crippen molar-refractivity contribution in [1.82, 2.24) is 0 Å². The van der Waals surface area contributed by atoms with Gasteiger partial charge in [-0.3, -0.25) is 4.79 Å². The average molecular weight is 263 g/mol. The zero-order valence-corrected chi connectivity index (χ0v) is 11.0. The summed E-state index contributed by atoms with van der Waals surface area (Å²) < 4.78 is 0. The number of benzene rings is 1. The Morgan fingerprint density at radius 1 is 1.47 bits per heavy atom. The number of para-hydroxylation sites is 1. The van der Waals surface area contributed by atoms with E-state index >= 15 is 0 Å². The SMILES string of the molecule is NC(=O)c1cccc(N2CCCC2CCCO)c1N. The molecule has 5 nitrogen and oxygen atoms in total. The van der Waals surface area contributed by atoms with E-state index in [0.29, 0.717) is 17.3 Å². The fourth-order valence-corrected chi connectivity index (χ4v) is 2.80. The fraction of sp³-hybridized carbons (Fsp3) is 0.500. The molecular formula is C14H21N3O2. The number of primary amides is 1. The van der Waals surface area contributed by atoms with E-state index in [-0.39, 0.29) is 6.61 Å². The summed E-state index contributed by atoms with van der Waals surface area (Å²) in [5, 5.41) is 8.95. The van der Waals surface area contributed by atoms with Gasteiger partial charge in [-0.05, 0) is 37.8 Å². The Labute approximate surface area is 113 Å². The van der Waals surface area contributed by atoms with Crippen LogP contribution in [0.4, 0.5) is 11.4 Å². The van der Waals surface area contributed by atoms with Crippen LogP contribution in [0.25, 0.3) is 0 Å². The molecule has 0 aromatic heterocycles. The Morgan fingerprint density at radius 3 is 2.95 bits per heavy atom. The van der Waals surface area contributed by atoms with Crippen molar-refractivity contribution in [2.24, 2.45) is 5.73 Å². The number of amides is 1. The van der Waals surface area contributed by atoms with Gasteiger partial charge in [-0.1, -0.05) is 6.07 Å². The summed E-state index contributed by atoms with van der Waals surface area (Å²) in [6.45, 7) is 1.14. The molecule has 1 unspecified atom stereocenters. The third-order valence-electron chi connectivity index (χ3n) is 3.73. The molecule has 5 N–H and O–H groups in total. The molecule has 1 aromatic rings. The lowest BCUT2D eigenvalue weighted by molar-refractivity contribution is 0.100. The zero-order chi connectivity index (χ0) is 13.8. The zero-order valence-electron chi connectivity index (χ0n) is 11.0. The van der Waals surface area contributed by atoms with E-state index < -0.39 is 5.91 Å². The van der Waals surface area contributed by atoms with Gasteiger partial charge in [0.15, 0.2) is 0 Å². The molecule has 2 rings (SSSR count). The molecule has 1 saturated heterocycles. The van der Waals surface area contributed by atoms with E-state index in [2.05, 4.69) is 4.90 Å². The minimum atomic E-state index is -0.495. The number of anilines is 2. The second-order valence-corrected chi connectivity index (χ2v) is 4.96. The van der Waals surface area contributed by atoms with Gasteiger partial charge < -0.3 is 21.5 Å². The maximum Gasteiger partial charge on any atom is 0.250 e. The molecule has 1 aliphatic heterocycles. The molecular weight excluding hydrogens is 242 g/mol. The predicted molar refractivity (Wildman–Crippen MR) is 76.1 cm³/mol. The van der Waals surface area contributed by atoms with Crippen LogP contribution in [0.3, 0.4) is 0 Å². The number of nitrogen functional groups attached to an aromatic ring is 1. The third-order valence-corrected chi connectivity index (χ3v) is 3.73. The molecule has 1 atom stereocenters. The first-order chi connectivity index (χ1) is 9.15. The molecule has 19 heavy (non-hydrogen) atoms. The first kappa shape index (κ1) is 13.7. The van der Waals surface area contributed by atoms with E-state index in [1.807, 2.05) is 12.1 Å². The molecule has 0 saturated carbocycles. The van der Waals surface area contributed by atoms with E-state index in [1.165, 1.54) is 0 Å². The molecule has 5 heteroatoms. The van der Waals surface area contributed by atoms with Crippen LogP contribution in [0.2, 0.25) is 0 Å². The lowest BCUT2D eigenvalue weighted by Crippen LogP contribution is -2.30. The van der Waals surface area contributed by atoms with E-state index in [0.717, 1.165) is 37.9 Å². The summed E-state index contributed by atoms with van der Waals surface area (Å²) in [6, 6.07) is 5.78. The third kappa shape index (κ3) is 2.81. The Bertz CT molecular complexity index is 462. The quantitative estimate of drug-likeness (QED) is 0.694. The van der Waals surface area contributed by atoms with Gasteiger partial charge in [-0.15, -0.1) is 0 Å². The second-order valence-electron chi connectivity index (χ2n) is 4.96. The van der Waals surface area contributed by atoms with Crippen LogP contribution in [0, 0.1) is 0 Å². The Balaban J connectivity index is 2.25. The lowest BCUT2D eigenvalue weighted by atomic mass is 10.1. The number of aliphatic hydroxyl groups excluding tert-OH is 1. The highest BCUT2D eigenvalue weighted by Gasteiger charge is 2.26. The van der Waals surface area contributed by atoms with Crippen LogP contribution >= 0.6 is 0 Å². The Morgan fingerprint density at radius 2 is 2.26 bits per heavy atom. The van der Waals surface area contributed by atoms with Crippen molar-refractivity contribution in [1.29, 1.82) is 0 Å². The van der Waals surface area contributed by atoms with Crippen molar-refractivity contribution >= 4 is 17.3 Å². The first-order valence-corrected chi connectivity index (χ1v) is 6.71. The average Bonchev–Trinajstić information content (AvgIpc) is 2.84. The molecule has 0 spiro atoms. The molecule has 1 aromatic carbocycles. The van der Waals surface area contributed by atoms with Gasteiger partial charge in [0.2, 0.25) is 0 Å².